The number of aromatic amines is 1. The molecule has 31 heavy (non-hydrogen) atoms. The maximum Gasteiger partial charge on any atom is 0.328 e. The first-order chi connectivity index (χ1) is 14.7. The van der Waals surface area contributed by atoms with Crippen LogP contribution >= 0.6 is 0 Å². The second-order valence-corrected chi connectivity index (χ2v) is 7.68. The van der Waals surface area contributed by atoms with Crippen LogP contribution in [-0.4, -0.2) is 75.6 Å². The van der Waals surface area contributed by atoms with Crippen molar-refractivity contribution in [1.82, 2.24) is 14.8 Å². The summed E-state index contributed by atoms with van der Waals surface area (Å²) in [7, 11) is 0. The number of rotatable bonds is 8. The molecule has 2 aromatic rings. The molecule has 9 heteroatoms. The highest BCUT2D eigenvalue weighted by atomic mass is 16.4. The smallest absolute Gasteiger partial charge is 0.328 e. The van der Waals surface area contributed by atoms with E-state index in [-0.39, 0.29) is 0 Å². The number of H-pyrrole nitrogens is 1. The first-order valence-electron chi connectivity index (χ1n) is 9.91. The van der Waals surface area contributed by atoms with Gasteiger partial charge in [-0.3, -0.25) is 19.4 Å². The summed E-state index contributed by atoms with van der Waals surface area (Å²) >= 11 is 0. The van der Waals surface area contributed by atoms with Gasteiger partial charge in [0.2, 0.25) is 5.91 Å². The molecule has 1 aromatic carbocycles. The van der Waals surface area contributed by atoms with Crippen molar-refractivity contribution in [3.05, 3.63) is 54.3 Å². The number of nitrogens with zero attached hydrogens (tertiary/aromatic N) is 2. The molecule has 9 nitrogen and oxygen atoms in total. The van der Waals surface area contributed by atoms with E-state index >= 15 is 0 Å². The summed E-state index contributed by atoms with van der Waals surface area (Å²) in [6.45, 7) is 9.57. The Labute approximate surface area is 179 Å². The minimum atomic E-state index is -1.21. The van der Waals surface area contributed by atoms with E-state index in [1.54, 1.807) is 24.4 Å². The van der Waals surface area contributed by atoms with Gasteiger partial charge < -0.3 is 20.5 Å². The molecule has 0 radical (unpaired) electrons. The molecule has 1 aliphatic heterocycles. The molecular weight excluding hydrogens is 400 g/mol. The Balaban J connectivity index is 1.77. The van der Waals surface area contributed by atoms with Crippen molar-refractivity contribution >= 4 is 34.4 Å². The van der Waals surface area contributed by atoms with E-state index in [2.05, 4.69) is 21.8 Å². The molecule has 1 aliphatic rings. The highest BCUT2D eigenvalue weighted by Crippen LogP contribution is 2.31. The fraction of sp³-hybridized carbons (Fsp3) is 0.318. The lowest BCUT2D eigenvalue weighted by molar-refractivity contribution is -0.144. The van der Waals surface area contributed by atoms with Crippen LogP contribution in [0.15, 0.2) is 48.7 Å². The van der Waals surface area contributed by atoms with Crippen LogP contribution in [0.3, 0.4) is 0 Å². The molecule has 164 valence electrons. The van der Waals surface area contributed by atoms with Crippen molar-refractivity contribution in [3.63, 3.8) is 0 Å². The van der Waals surface area contributed by atoms with Crippen LogP contribution in [0, 0.1) is 0 Å². The normalized spacial score (nSPS) is 16.4. The van der Waals surface area contributed by atoms with Crippen molar-refractivity contribution in [3.8, 4) is 0 Å². The highest BCUT2D eigenvalue weighted by molar-refractivity contribution is 6.03. The van der Waals surface area contributed by atoms with Crippen molar-refractivity contribution in [2.45, 2.75) is 13.0 Å². The zero-order valence-corrected chi connectivity index (χ0v) is 17.3. The Morgan fingerprint density at radius 1 is 1.19 bits per heavy atom. The highest BCUT2D eigenvalue weighted by Gasteiger charge is 2.32. The SMILES string of the molecule is C=C(C)CN1CCN(C(C(=O)O)c2c[nH]c3cc(NC(=O)C=CC(=O)O)ccc23)CC1. The zero-order chi connectivity index (χ0) is 22.5. The fourth-order valence-corrected chi connectivity index (χ4v) is 3.83. The number of carboxylic acids is 2. The van der Waals surface area contributed by atoms with E-state index in [9.17, 15) is 19.5 Å². The van der Waals surface area contributed by atoms with Crippen molar-refractivity contribution in [2.75, 3.05) is 38.0 Å². The fourth-order valence-electron chi connectivity index (χ4n) is 3.83. The average molecular weight is 426 g/mol. The van der Waals surface area contributed by atoms with Gasteiger partial charge in [0.15, 0.2) is 0 Å². The van der Waals surface area contributed by atoms with Crippen molar-refractivity contribution in [1.29, 1.82) is 0 Å². The molecule has 1 amide bonds. The number of benzene rings is 1. The summed E-state index contributed by atoms with van der Waals surface area (Å²) in [6, 6.07) is 4.33. The van der Waals surface area contributed by atoms with Crippen LogP contribution in [0.1, 0.15) is 18.5 Å². The Bertz CT molecular complexity index is 1030. The van der Waals surface area contributed by atoms with Crippen molar-refractivity contribution < 1.29 is 24.6 Å². The number of aliphatic carboxylic acids is 2. The van der Waals surface area contributed by atoms with Gasteiger partial charge >= 0.3 is 11.9 Å². The summed E-state index contributed by atoms with van der Waals surface area (Å²) in [4.78, 5) is 41.8. The van der Waals surface area contributed by atoms with E-state index in [1.807, 2.05) is 11.8 Å². The van der Waals surface area contributed by atoms with Gasteiger partial charge in [0.25, 0.3) is 0 Å². The van der Waals surface area contributed by atoms with E-state index in [4.69, 9.17) is 5.11 Å². The quantitative estimate of drug-likeness (QED) is 0.376. The van der Waals surface area contributed by atoms with Gasteiger partial charge in [0.05, 0.1) is 0 Å². The van der Waals surface area contributed by atoms with Crippen LogP contribution < -0.4 is 5.32 Å². The van der Waals surface area contributed by atoms with Crippen LogP contribution in [0.25, 0.3) is 10.9 Å². The lowest BCUT2D eigenvalue weighted by Crippen LogP contribution is -2.49. The number of aromatic nitrogens is 1. The summed E-state index contributed by atoms with van der Waals surface area (Å²) < 4.78 is 0. The third kappa shape index (κ3) is 5.59. The van der Waals surface area contributed by atoms with Gasteiger partial charge in [-0.15, -0.1) is 0 Å². The van der Waals surface area contributed by atoms with Gasteiger partial charge in [0.1, 0.15) is 6.04 Å². The predicted octanol–water partition coefficient (Wildman–Crippen LogP) is 2.07. The van der Waals surface area contributed by atoms with Gasteiger partial charge in [0, 0.05) is 73.2 Å². The first-order valence-corrected chi connectivity index (χ1v) is 9.91. The third-order valence-corrected chi connectivity index (χ3v) is 5.15. The summed E-state index contributed by atoms with van der Waals surface area (Å²) in [5, 5.41) is 21.9. The summed E-state index contributed by atoms with van der Waals surface area (Å²) in [5.41, 5.74) is 2.91. The molecule has 0 aliphatic carbocycles. The standard InChI is InChI=1S/C22H26N4O5/c1-14(2)13-25-7-9-26(10-8-25)21(22(30)31)17-12-23-18-11-15(3-4-16(17)18)24-19(27)5-6-20(28)29/h3-6,11-12,21,23H,1,7-10,13H2,2H3,(H,24,27)(H,28,29)(H,30,31). The number of carbonyl (C=O) groups excluding carboxylic acids is 1. The molecule has 4 N–H and O–H groups in total. The molecule has 3 rings (SSSR count). The number of hydrogen-bond acceptors (Lipinski definition) is 5. The summed E-state index contributed by atoms with van der Waals surface area (Å²) in [5.74, 6) is -2.69. The van der Waals surface area contributed by atoms with E-state index in [0.29, 0.717) is 29.9 Å². The largest absolute Gasteiger partial charge is 0.480 e. The molecule has 1 saturated heterocycles. The molecule has 1 unspecified atom stereocenters. The molecule has 1 atom stereocenters. The molecule has 1 aromatic heterocycles. The maximum atomic E-state index is 12.1. The summed E-state index contributed by atoms with van der Waals surface area (Å²) in [6.07, 6.45) is 3.38. The molecular formula is C22H26N4O5. The number of anilines is 1. The monoisotopic (exact) mass is 426 g/mol. The van der Waals surface area contributed by atoms with Crippen molar-refractivity contribution in [2.24, 2.45) is 0 Å². The number of hydrogen-bond donors (Lipinski definition) is 4. The van der Waals surface area contributed by atoms with E-state index in [0.717, 1.165) is 42.7 Å². The average Bonchev–Trinajstić information content (AvgIpc) is 3.10. The predicted molar refractivity (Wildman–Crippen MR) is 117 cm³/mol. The third-order valence-electron chi connectivity index (χ3n) is 5.15. The lowest BCUT2D eigenvalue weighted by Gasteiger charge is -2.37. The number of piperazine rings is 1. The van der Waals surface area contributed by atoms with Crippen LogP contribution in [-0.2, 0) is 14.4 Å². The van der Waals surface area contributed by atoms with E-state index in [1.165, 1.54) is 0 Å². The lowest BCUT2D eigenvalue weighted by atomic mass is 10.0. The van der Waals surface area contributed by atoms with E-state index < -0.39 is 23.9 Å². The van der Waals surface area contributed by atoms with Crippen LogP contribution in [0.2, 0.25) is 0 Å². The van der Waals surface area contributed by atoms with Gasteiger partial charge in [-0.25, -0.2) is 4.79 Å². The van der Waals surface area contributed by atoms with Crippen LogP contribution in [0.5, 0.6) is 0 Å². The Hall–Kier alpha value is -3.43. The maximum absolute atomic E-state index is 12.1. The topological polar surface area (TPSA) is 126 Å². The molecule has 0 spiro atoms. The minimum absolute atomic E-state index is 0.473. The number of carboxylic acid groups (broad SMARTS) is 2. The molecule has 0 saturated carbocycles. The Morgan fingerprint density at radius 3 is 2.52 bits per heavy atom. The minimum Gasteiger partial charge on any atom is -0.480 e. The van der Waals surface area contributed by atoms with Gasteiger partial charge in [-0.1, -0.05) is 18.2 Å². The zero-order valence-electron chi connectivity index (χ0n) is 17.3. The number of carbonyl (C=O) groups is 3. The Morgan fingerprint density at radius 2 is 1.90 bits per heavy atom. The number of amides is 1. The number of nitrogens with one attached hydrogen (secondary N) is 2. The van der Waals surface area contributed by atoms with Gasteiger partial charge in [-0.05, 0) is 19.1 Å². The van der Waals surface area contributed by atoms with Gasteiger partial charge in [-0.2, -0.15) is 0 Å². The van der Waals surface area contributed by atoms with Crippen LogP contribution in [0.4, 0.5) is 5.69 Å². The Kier molecular flexibility index (Phi) is 6.88. The second kappa shape index (κ2) is 9.59. The molecule has 1 fully saturated rings. The first kappa shape index (κ1) is 22.3. The number of fused-ring (bicyclic) bond motifs is 1. The molecule has 2 heterocycles. The molecule has 0 bridgehead atoms. The second-order valence-electron chi connectivity index (χ2n) is 7.68.